The first kappa shape index (κ1) is 14.0. The molecule has 0 unspecified atom stereocenters. The van der Waals surface area contributed by atoms with Gasteiger partial charge in [0.15, 0.2) is 5.76 Å². The fourth-order valence-electron chi connectivity index (χ4n) is 2.88. The molecule has 116 valence electrons. The summed E-state index contributed by atoms with van der Waals surface area (Å²) in [7, 11) is 0. The minimum Gasteiger partial charge on any atom is -0.423 e. The van der Waals surface area contributed by atoms with Crippen LogP contribution in [0, 0.1) is 0 Å². The second-order valence-corrected chi connectivity index (χ2v) is 5.64. The van der Waals surface area contributed by atoms with Crippen LogP contribution in [0.15, 0.2) is 65.1 Å². The number of benzene rings is 2. The highest BCUT2D eigenvalue weighted by Crippen LogP contribution is 2.35. The van der Waals surface area contributed by atoms with Crippen molar-refractivity contribution < 1.29 is 4.42 Å². The fraction of sp³-hybridized carbons (Fsp3) is 0.211. The molecule has 1 aromatic heterocycles. The Morgan fingerprint density at radius 3 is 2.09 bits per heavy atom. The van der Waals surface area contributed by atoms with Gasteiger partial charge in [0, 0.05) is 37.3 Å². The summed E-state index contributed by atoms with van der Waals surface area (Å²) >= 11 is 0. The van der Waals surface area contributed by atoms with Crippen LogP contribution in [0.3, 0.4) is 0 Å². The van der Waals surface area contributed by atoms with E-state index in [9.17, 15) is 0 Å². The molecular weight excluding hydrogens is 286 g/mol. The van der Waals surface area contributed by atoms with Gasteiger partial charge in [-0.2, -0.15) is 4.98 Å². The van der Waals surface area contributed by atoms with Gasteiger partial charge in [-0.05, 0) is 0 Å². The van der Waals surface area contributed by atoms with E-state index in [0.29, 0.717) is 6.01 Å². The molecule has 4 rings (SSSR count). The van der Waals surface area contributed by atoms with Gasteiger partial charge < -0.3 is 14.6 Å². The molecule has 0 atom stereocenters. The van der Waals surface area contributed by atoms with Gasteiger partial charge in [-0.25, -0.2) is 0 Å². The number of piperazine rings is 1. The maximum atomic E-state index is 6.18. The standard InChI is InChI=1S/C19H19N3O/c1-3-7-15(8-4-1)17-18(16-9-5-2-6-10-16)23-19(21-17)22-13-11-20-12-14-22/h1-10,20H,11-14H2. The van der Waals surface area contributed by atoms with E-state index >= 15 is 0 Å². The molecular formula is C19H19N3O. The third kappa shape index (κ3) is 2.85. The highest BCUT2D eigenvalue weighted by Gasteiger charge is 2.21. The van der Waals surface area contributed by atoms with Crippen LogP contribution in [0.2, 0.25) is 0 Å². The van der Waals surface area contributed by atoms with Gasteiger partial charge in [-0.1, -0.05) is 60.7 Å². The molecule has 1 aliphatic heterocycles. The summed E-state index contributed by atoms with van der Waals surface area (Å²) in [5.41, 5.74) is 3.04. The van der Waals surface area contributed by atoms with Crippen molar-refractivity contribution in [3.05, 3.63) is 60.7 Å². The monoisotopic (exact) mass is 305 g/mol. The molecule has 1 fully saturated rings. The summed E-state index contributed by atoms with van der Waals surface area (Å²) in [6, 6.07) is 21.1. The SMILES string of the molecule is c1ccc(-c2nc(N3CCNCC3)oc2-c2ccccc2)cc1. The largest absolute Gasteiger partial charge is 0.423 e. The zero-order valence-electron chi connectivity index (χ0n) is 12.9. The number of anilines is 1. The van der Waals surface area contributed by atoms with Gasteiger partial charge in [0.25, 0.3) is 6.01 Å². The lowest BCUT2D eigenvalue weighted by Gasteiger charge is -2.25. The maximum absolute atomic E-state index is 6.18. The lowest BCUT2D eigenvalue weighted by molar-refractivity contribution is 0.506. The van der Waals surface area contributed by atoms with Gasteiger partial charge in [-0.15, -0.1) is 0 Å². The van der Waals surface area contributed by atoms with E-state index in [1.807, 2.05) is 36.4 Å². The Bertz CT molecular complexity index is 705. The summed E-state index contributed by atoms with van der Waals surface area (Å²) in [6.45, 7) is 3.76. The summed E-state index contributed by atoms with van der Waals surface area (Å²) in [5.74, 6) is 0.838. The first-order valence-electron chi connectivity index (χ1n) is 7.99. The Morgan fingerprint density at radius 2 is 1.43 bits per heavy atom. The molecule has 1 saturated heterocycles. The van der Waals surface area contributed by atoms with Gasteiger partial charge in [0.2, 0.25) is 0 Å². The predicted molar refractivity (Wildman–Crippen MR) is 92.5 cm³/mol. The molecule has 1 N–H and O–H groups in total. The molecule has 0 amide bonds. The summed E-state index contributed by atoms with van der Waals surface area (Å²) in [4.78, 5) is 7.02. The minimum absolute atomic E-state index is 0.712. The average molecular weight is 305 g/mol. The second-order valence-electron chi connectivity index (χ2n) is 5.64. The van der Waals surface area contributed by atoms with Crippen LogP contribution >= 0.6 is 0 Å². The fourth-order valence-corrected chi connectivity index (χ4v) is 2.88. The Kier molecular flexibility index (Phi) is 3.82. The van der Waals surface area contributed by atoms with E-state index in [4.69, 9.17) is 9.40 Å². The van der Waals surface area contributed by atoms with Crippen molar-refractivity contribution in [1.29, 1.82) is 0 Å². The van der Waals surface area contributed by atoms with E-state index in [-0.39, 0.29) is 0 Å². The zero-order chi connectivity index (χ0) is 15.5. The van der Waals surface area contributed by atoms with Crippen molar-refractivity contribution in [2.45, 2.75) is 0 Å². The van der Waals surface area contributed by atoms with Crippen molar-refractivity contribution in [2.24, 2.45) is 0 Å². The lowest BCUT2D eigenvalue weighted by atomic mass is 10.1. The minimum atomic E-state index is 0.712. The number of nitrogens with one attached hydrogen (secondary N) is 1. The van der Waals surface area contributed by atoms with Crippen molar-refractivity contribution in [2.75, 3.05) is 31.1 Å². The number of aromatic nitrogens is 1. The Labute approximate surface area is 135 Å². The molecule has 0 saturated carbocycles. The quantitative estimate of drug-likeness (QED) is 0.805. The van der Waals surface area contributed by atoms with Gasteiger partial charge in [-0.3, -0.25) is 0 Å². The molecule has 1 aliphatic rings. The summed E-state index contributed by atoms with van der Waals surface area (Å²) < 4.78 is 6.18. The van der Waals surface area contributed by atoms with Crippen molar-refractivity contribution >= 4 is 6.01 Å². The molecule has 23 heavy (non-hydrogen) atoms. The molecule has 3 aromatic rings. The van der Waals surface area contributed by atoms with Crippen molar-refractivity contribution in [1.82, 2.24) is 10.3 Å². The van der Waals surface area contributed by atoms with Crippen LogP contribution in [0.25, 0.3) is 22.6 Å². The Balaban J connectivity index is 1.81. The number of oxazole rings is 1. The zero-order valence-corrected chi connectivity index (χ0v) is 12.9. The molecule has 2 aromatic carbocycles. The van der Waals surface area contributed by atoms with Crippen LogP contribution in [-0.4, -0.2) is 31.2 Å². The maximum Gasteiger partial charge on any atom is 0.298 e. The number of nitrogens with zero attached hydrogens (tertiary/aromatic N) is 2. The van der Waals surface area contributed by atoms with Gasteiger partial charge in [0.05, 0.1) is 0 Å². The predicted octanol–water partition coefficient (Wildman–Crippen LogP) is 3.42. The highest BCUT2D eigenvalue weighted by molar-refractivity contribution is 5.78. The van der Waals surface area contributed by atoms with E-state index in [0.717, 1.165) is 48.8 Å². The molecule has 0 spiro atoms. The molecule has 2 heterocycles. The number of hydrogen-bond acceptors (Lipinski definition) is 4. The normalized spacial score (nSPS) is 14.9. The Hall–Kier alpha value is -2.59. The van der Waals surface area contributed by atoms with Crippen LogP contribution in [0.5, 0.6) is 0 Å². The highest BCUT2D eigenvalue weighted by atomic mass is 16.4. The average Bonchev–Trinajstić information content (AvgIpc) is 3.09. The van der Waals surface area contributed by atoms with Crippen LogP contribution in [0.4, 0.5) is 6.01 Å². The third-order valence-corrected chi connectivity index (χ3v) is 4.09. The lowest BCUT2D eigenvalue weighted by Crippen LogP contribution is -2.43. The smallest absolute Gasteiger partial charge is 0.298 e. The van der Waals surface area contributed by atoms with Crippen LogP contribution in [0.1, 0.15) is 0 Å². The Morgan fingerprint density at radius 1 is 0.826 bits per heavy atom. The van der Waals surface area contributed by atoms with E-state index in [2.05, 4.69) is 34.5 Å². The topological polar surface area (TPSA) is 41.3 Å². The molecule has 4 heteroatoms. The number of hydrogen-bond donors (Lipinski definition) is 1. The molecule has 0 radical (unpaired) electrons. The van der Waals surface area contributed by atoms with Gasteiger partial charge in [0.1, 0.15) is 5.69 Å². The van der Waals surface area contributed by atoms with E-state index < -0.39 is 0 Å². The van der Waals surface area contributed by atoms with Crippen molar-refractivity contribution in [3.63, 3.8) is 0 Å². The first-order chi connectivity index (χ1) is 11.4. The molecule has 0 bridgehead atoms. The second kappa shape index (κ2) is 6.26. The van der Waals surface area contributed by atoms with Crippen LogP contribution < -0.4 is 10.2 Å². The molecule has 0 aliphatic carbocycles. The summed E-state index contributed by atoms with van der Waals surface area (Å²) in [6.07, 6.45) is 0. The van der Waals surface area contributed by atoms with Crippen molar-refractivity contribution in [3.8, 4) is 22.6 Å². The first-order valence-corrected chi connectivity index (χ1v) is 7.99. The van der Waals surface area contributed by atoms with E-state index in [1.54, 1.807) is 0 Å². The molecule has 4 nitrogen and oxygen atoms in total. The third-order valence-electron chi connectivity index (χ3n) is 4.09. The summed E-state index contributed by atoms with van der Waals surface area (Å²) in [5, 5.41) is 3.36. The van der Waals surface area contributed by atoms with E-state index in [1.165, 1.54) is 0 Å². The van der Waals surface area contributed by atoms with Crippen LogP contribution in [-0.2, 0) is 0 Å². The van der Waals surface area contributed by atoms with Gasteiger partial charge >= 0.3 is 0 Å². The number of rotatable bonds is 3.